The summed E-state index contributed by atoms with van der Waals surface area (Å²) in [5.74, 6) is 0.654. The molecular weight excluding hydrogens is 246 g/mol. The summed E-state index contributed by atoms with van der Waals surface area (Å²) in [4.78, 5) is 0. The van der Waals surface area contributed by atoms with E-state index in [1.54, 1.807) is 0 Å². The molecule has 0 radical (unpaired) electrons. The van der Waals surface area contributed by atoms with Crippen molar-refractivity contribution in [3.63, 3.8) is 0 Å². The van der Waals surface area contributed by atoms with E-state index in [1.165, 1.54) is 11.1 Å². The van der Waals surface area contributed by atoms with Crippen LogP contribution >= 0.6 is 0 Å². The molecule has 1 unspecified atom stereocenters. The summed E-state index contributed by atoms with van der Waals surface area (Å²) in [6, 6.07) is 6.19. The first-order valence-corrected chi connectivity index (χ1v) is 7.82. The molecule has 4 heteroatoms. The van der Waals surface area contributed by atoms with Crippen molar-refractivity contribution >= 4 is 10.8 Å². The first kappa shape index (κ1) is 13.7. The highest BCUT2D eigenvalue weighted by molar-refractivity contribution is 7.84. The Labute approximate surface area is 111 Å². The van der Waals surface area contributed by atoms with Gasteiger partial charge in [0, 0.05) is 41.6 Å². The molecule has 1 aliphatic heterocycles. The van der Waals surface area contributed by atoms with E-state index in [0.717, 1.165) is 31.6 Å². The fraction of sp³-hybridized carbons (Fsp3) is 0.571. The maximum atomic E-state index is 12.3. The molecule has 100 valence electrons. The van der Waals surface area contributed by atoms with Crippen molar-refractivity contribution < 1.29 is 8.95 Å². The maximum Gasteiger partial charge on any atom is 0.0491 e. The minimum absolute atomic E-state index is 0.298. The molecule has 0 aromatic heterocycles. The molecular formula is C14H21NO2S. The third-order valence-corrected chi connectivity index (χ3v) is 5.29. The first-order chi connectivity index (χ1) is 8.70. The maximum absolute atomic E-state index is 12.3. The second-order valence-electron chi connectivity index (χ2n) is 4.80. The average molecular weight is 267 g/mol. The molecule has 1 saturated heterocycles. The van der Waals surface area contributed by atoms with Crippen molar-refractivity contribution in [2.75, 3.05) is 13.2 Å². The van der Waals surface area contributed by atoms with Gasteiger partial charge in [0.05, 0.1) is 0 Å². The Kier molecular flexibility index (Phi) is 4.92. The second-order valence-corrected chi connectivity index (χ2v) is 6.52. The third-order valence-electron chi connectivity index (χ3n) is 3.48. The molecule has 0 aliphatic carbocycles. The van der Waals surface area contributed by atoms with Gasteiger partial charge in [0.15, 0.2) is 0 Å². The lowest BCUT2D eigenvalue weighted by Crippen LogP contribution is -2.25. The summed E-state index contributed by atoms with van der Waals surface area (Å²) in [5.41, 5.74) is 9.12. The molecule has 18 heavy (non-hydrogen) atoms. The van der Waals surface area contributed by atoms with Crippen LogP contribution in [0, 0.1) is 6.92 Å². The van der Waals surface area contributed by atoms with Crippen LogP contribution in [-0.2, 0) is 27.8 Å². The molecule has 0 saturated carbocycles. The van der Waals surface area contributed by atoms with Crippen LogP contribution in [0.2, 0.25) is 0 Å². The van der Waals surface area contributed by atoms with Crippen LogP contribution in [0.15, 0.2) is 18.2 Å². The lowest BCUT2D eigenvalue weighted by atomic mass is 10.1. The predicted octanol–water partition coefficient (Wildman–Crippen LogP) is 1.88. The fourth-order valence-corrected chi connectivity index (χ4v) is 3.84. The lowest BCUT2D eigenvalue weighted by molar-refractivity contribution is 0.0992. The summed E-state index contributed by atoms with van der Waals surface area (Å²) in [6.07, 6.45) is 1.85. The zero-order valence-electron chi connectivity index (χ0n) is 10.9. The van der Waals surface area contributed by atoms with Gasteiger partial charge in [-0.05, 0) is 36.5 Å². The van der Waals surface area contributed by atoms with Gasteiger partial charge in [-0.25, -0.2) is 0 Å². The molecule has 3 nitrogen and oxygen atoms in total. The summed E-state index contributed by atoms with van der Waals surface area (Å²) in [6.45, 7) is 4.13. The molecule has 1 aromatic carbocycles. The SMILES string of the molecule is Cc1cc(CN)ccc1CS(=O)C1CCOCC1. The second kappa shape index (κ2) is 6.45. The molecule has 2 N–H and O–H groups in total. The zero-order chi connectivity index (χ0) is 13.0. The van der Waals surface area contributed by atoms with Gasteiger partial charge in [-0.1, -0.05) is 18.2 Å². The monoisotopic (exact) mass is 267 g/mol. The van der Waals surface area contributed by atoms with E-state index < -0.39 is 10.8 Å². The summed E-state index contributed by atoms with van der Waals surface area (Å²) < 4.78 is 17.6. The van der Waals surface area contributed by atoms with Crippen LogP contribution in [0.3, 0.4) is 0 Å². The van der Waals surface area contributed by atoms with Crippen molar-refractivity contribution in [3.05, 3.63) is 34.9 Å². The number of aryl methyl sites for hydroxylation is 1. The molecule has 1 aromatic rings. The Balaban J connectivity index is 2.02. The number of rotatable bonds is 4. The van der Waals surface area contributed by atoms with Crippen molar-refractivity contribution in [1.29, 1.82) is 0 Å². The van der Waals surface area contributed by atoms with Gasteiger partial charge in [0.2, 0.25) is 0 Å². The highest BCUT2D eigenvalue weighted by atomic mass is 32.2. The lowest BCUT2D eigenvalue weighted by Gasteiger charge is -2.21. The smallest absolute Gasteiger partial charge is 0.0491 e. The van der Waals surface area contributed by atoms with Crippen LogP contribution < -0.4 is 5.73 Å². The summed E-state index contributed by atoms with van der Waals surface area (Å²) >= 11 is 0. The Morgan fingerprint density at radius 2 is 2.11 bits per heavy atom. The van der Waals surface area contributed by atoms with Crippen LogP contribution in [0.1, 0.15) is 29.5 Å². The zero-order valence-corrected chi connectivity index (χ0v) is 11.7. The Bertz CT molecular complexity index is 428. The normalized spacial score (nSPS) is 18.8. The minimum atomic E-state index is -0.788. The van der Waals surface area contributed by atoms with E-state index in [4.69, 9.17) is 10.5 Å². The molecule has 1 fully saturated rings. The van der Waals surface area contributed by atoms with Crippen LogP contribution in [0.4, 0.5) is 0 Å². The van der Waals surface area contributed by atoms with Gasteiger partial charge < -0.3 is 10.5 Å². The molecule has 1 atom stereocenters. The number of ether oxygens (including phenoxy) is 1. The summed E-state index contributed by atoms with van der Waals surface area (Å²) in [5, 5.41) is 0.298. The molecule has 1 heterocycles. The van der Waals surface area contributed by atoms with E-state index in [9.17, 15) is 4.21 Å². The van der Waals surface area contributed by atoms with Crippen LogP contribution in [0.25, 0.3) is 0 Å². The van der Waals surface area contributed by atoms with E-state index in [1.807, 2.05) is 6.07 Å². The minimum Gasteiger partial charge on any atom is -0.381 e. The van der Waals surface area contributed by atoms with Crippen molar-refractivity contribution in [1.82, 2.24) is 0 Å². The largest absolute Gasteiger partial charge is 0.381 e. The Morgan fingerprint density at radius 1 is 1.39 bits per heavy atom. The standard InChI is InChI=1S/C14H21NO2S/c1-11-8-12(9-15)2-3-13(11)10-18(16)14-4-6-17-7-5-14/h2-3,8,14H,4-7,9-10,15H2,1H3. The highest BCUT2D eigenvalue weighted by Gasteiger charge is 2.20. The number of benzene rings is 1. The molecule has 0 amide bonds. The van der Waals surface area contributed by atoms with Crippen molar-refractivity contribution in [2.45, 2.75) is 37.3 Å². The van der Waals surface area contributed by atoms with Gasteiger partial charge >= 0.3 is 0 Å². The van der Waals surface area contributed by atoms with Crippen LogP contribution in [-0.4, -0.2) is 22.7 Å². The first-order valence-electron chi connectivity index (χ1n) is 6.44. The highest BCUT2D eigenvalue weighted by Crippen LogP contribution is 2.19. The fourth-order valence-electron chi connectivity index (χ4n) is 2.26. The van der Waals surface area contributed by atoms with E-state index in [2.05, 4.69) is 19.1 Å². The average Bonchev–Trinajstić information content (AvgIpc) is 2.42. The summed E-state index contributed by atoms with van der Waals surface area (Å²) in [7, 11) is -0.788. The number of hydrogen-bond acceptors (Lipinski definition) is 3. The van der Waals surface area contributed by atoms with Gasteiger partial charge in [-0.15, -0.1) is 0 Å². The van der Waals surface area contributed by atoms with Gasteiger partial charge in [0.1, 0.15) is 0 Å². The van der Waals surface area contributed by atoms with E-state index in [-0.39, 0.29) is 0 Å². The molecule has 2 rings (SSSR count). The topological polar surface area (TPSA) is 52.3 Å². The van der Waals surface area contributed by atoms with E-state index in [0.29, 0.717) is 17.5 Å². The van der Waals surface area contributed by atoms with E-state index >= 15 is 0 Å². The molecule has 0 spiro atoms. The number of hydrogen-bond donors (Lipinski definition) is 1. The quantitative estimate of drug-likeness (QED) is 0.906. The Hall–Kier alpha value is -0.710. The predicted molar refractivity (Wildman–Crippen MR) is 74.8 cm³/mol. The molecule has 0 bridgehead atoms. The molecule has 1 aliphatic rings. The van der Waals surface area contributed by atoms with Gasteiger partial charge in [-0.2, -0.15) is 0 Å². The van der Waals surface area contributed by atoms with Crippen LogP contribution in [0.5, 0.6) is 0 Å². The third kappa shape index (κ3) is 3.40. The number of nitrogens with two attached hydrogens (primary N) is 1. The van der Waals surface area contributed by atoms with Gasteiger partial charge in [-0.3, -0.25) is 4.21 Å². The van der Waals surface area contributed by atoms with Gasteiger partial charge in [0.25, 0.3) is 0 Å². The Morgan fingerprint density at radius 3 is 2.72 bits per heavy atom. The van der Waals surface area contributed by atoms with Crippen molar-refractivity contribution in [3.8, 4) is 0 Å². The van der Waals surface area contributed by atoms with Crippen molar-refractivity contribution in [2.24, 2.45) is 5.73 Å².